The van der Waals surface area contributed by atoms with Crippen LogP contribution in [0.25, 0.3) is 11.2 Å². The van der Waals surface area contributed by atoms with Crippen molar-refractivity contribution < 1.29 is 0 Å². The molecule has 4 rings (SSSR count). The summed E-state index contributed by atoms with van der Waals surface area (Å²) in [6.45, 7) is 16.9. The number of piperidine rings is 1. The van der Waals surface area contributed by atoms with Crippen molar-refractivity contribution in [2.45, 2.75) is 104 Å². The number of anilines is 1. The Morgan fingerprint density at radius 2 is 1.52 bits per heavy atom. The number of rotatable bonds is 16. The average molecular weight is 547 g/mol. The number of aromatic nitrogens is 3. The third-order valence-corrected chi connectivity index (χ3v) is 8.84. The maximum absolute atomic E-state index is 5.32. The predicted molar refractivity (Wildman–Crippen MR) is 171 cm³/mol. The molecule has 6 heteroatoms. The monoisotopic (exact) mass is 546 g/mol. The summed E-state index contributed by atoms with van der Waals surface area (Å²) < 4.78 is 2.47. The lowest BCUT2D eigenvalue weighted by Gasteiger charge is -2.27. The van der Waals surface area contributed by atoms with Crippen molar-refractivity contribution in [3.05, 3.63) is 53.3 Å². The van der Waals surface area contributed by atoms with Crippen molar-refractivity contribution in [2.75, 3.05) is 44.7 Å². The summed E-state index contributed by atoms with van der Waals surface area (Å²) in [5.41, 5.74) is 4.79. The molecule has 0 saturated carbocycles. The Hall–Kier alpha value is -2.44. The van der Waals surface area contributed by atoms with Crippen LogP contribution in [0.15, 0.2) is 36.4 Å². The molecule has 2 aromatic heterocycles. The van der Waals surface area contributed by atoms with E-state index >= 15 is 0 Å². The van der Waals surface area contributed by atoms with E-state index in [1.807, 2.05) is 7.05 Å². The molecule has 1 unspecified atom stereocenters. The van der Waals surface area contributed by atoms with E-state index < -0.39 is 0 Å². The topological polar surface area (TPSA) is 49.2 Å². The number of hydrogen-bond donors (Lipinski definition) is 1. The molecule has 6 nitrogen and oxygen atoms in total. The Bertz CT molecular complexity index is 1140. The van der Waals surface area contributed by atoms with Crippen LogP contribution in [0.2, 0.25) is 0 Å². The first-order valence-electron chi connectivity index (χ1n) is 16.1. The molecule has 1 aromatic carbocycles. The molecular weight excluding hydrogens is 492 g/mol. The highest BCUT2D eigenvalue weighted by atomic mass is 15.2. The third kappa shape index (κ3) is 7.85. The second-order valence-electron chi connectivity index (χ2n) is 11.9. The number of fused-ring (bicyclic) bond motifs is 1. The van der Waals surface area contributed by atoms with Crippen LogP contribution in [-0.2, 0) is 13.1 Å². The number of pyridine rings is 1. The van der Waals surface area contributed by atoms with Gasteiger partial charge in [0.1, 0.15) is 17.2 Å². The number of imidazole rings is 1. The highest BCUT2D eigenvalue weighted by molar-refractivity contribution is 5.74. The Morgan fingerprint density at radius 3 is 2.17 bits per heavy atom. The van der Waals surface area contributed by atoms with Gasteiger partial charge in [-0.25, -0.2) is 9.97 Å². The van der Waals surface area contributed by atoms with Crippen LogP contribution < -0.4 is 10.2 Å². The number of hydrogen-bond acceptors (Lipinski definition) is 5. The van der Waals surface area contributed by atoms with Crippen molar-refractivity contribution in [1.82, 2.24) is 24.8 Å². The van der Waals surface area contributed by atoms with Gasteiger partial charge in [0, 0.05) is 32.1 Å². The lowest BCUT2D eigenvalue weighted by atomic mass is 9.88. The van der Waals surface area contributed by atoms with E-state index in [0.717, 1.165) is 56.1 Å². The lowest BCUT2D eigenvalue weighted by Crippen LogP contribution is -2.31. The van der Waals surface area contributed by atoms with E-state index in [0.29, 0.717) is 11.8 Å². The summed E-state index contributed by atoms with van der Waals surface area (Å²) in [5, 5.41) is 3.25. The molecule has 3 aromatic rings. The number of benzene rings is 1. The van der Waals surface area contributed by atoms with Crippen LogP contribution in [-0.4, -0.2) is 59.2 Å². The molecule has 1 aliphatic heterocycles. The largest absolute Gasteiger partial charge is 0.357 e. The van der Waals surface area contributed by atoms with Gasteiger partial charge in [-0.05, 0) is 88.0 Å². The summed E-state index contributed by atoms with van der Waals surface area (Å²) in [6.07, 6.45) is 10.0. The molecule has 40 heavy (non-hydrogen) atoms. The van der Waals surface area contributed by atoms with Gasteiger partial charge in [-0.15, -0.1) is 0 Å². The first-order valence-corrected chi connectivity index (χ1v) is 16.1. The van der Waals surface area contributed by atoms with Gasteiger partial charge >= 0.3 is 0 Å². The van der Waals surface area contributed by atoms with Crippen LogP contribution in [0, 0.1) is 0 Å². The summed E-state index contributed by atoms with van der Waals surface area (Å²) in [6, 6.07) is 13.5. The smallest absolute Gasteiger partial charge is 0.162 e. The predicted octanol–water partition coefficient (Wildman–Crippen LogP) is 7.34. The maximum Gasteiger partial charge on any atom is 0.162 e. The van der Waals surface area contributed by atoms with Crippen LogP contribution in [0.4, 0.5) is 5.82 Å². The van der Waals surface area contributed by atoms with E-state index in [-0.39, 0.29) is 0 Å². The van der Waals surface area contributed by atoms with E-state index in [2.05, 4.69) is 83.8 Å². The standard InChI is InChI=1S/C34H54N6/c1-6-8-23-39(24-9-7-2)32-19-18-31-34(37-32)40(25-13-22-38-20-11-10-12-21-38)33(36-31)28(4)27(3)30-16-14-29(15-17-30)26-35-5/h14-19,27-28,35H,6-13,20-26H2,1-5H3/t27-,28?/m0/s1. The zero-order valence-corrected chi connectivity index (χ0v) is 26.0. The van der Waals surface area contributed by atoms with E-state index in [9.17, 15) is 0 Å². The quantitative estimate of drug-likeness (QED) is 0.204. The molecule has 0 bridgehead atoms. The van der Waals surface area contributed by atoms with E-state index in [1.165, 1.54) is 75.0 Å². The zero-order valence-electron chi connectivity index (χ0n) is 26.0. The fraction of sp³-hybridized carbons (Fsp3) is 0.647. The SMILES string of the molecule is CCCCN(CCCC)c1ccc2nc(C(C)[C@H](C)c3ccc(CNC)cc3)n(CCCN3CCCCC3)c2n1. The van der Waals surface area contributed by atoms with Gasteiger partial charge in [-0.2, -0.15) is 0 Å². The Morgan fingerprint density at radius 1 is 0.825 bits per heavy atom. The summed E-state index contributed by atoms with van der Waals surface area (Å²) in [7, 11) is 2.00. The summed E-state index contributed by atoms with van der Waals surface area (Å²) in [4.78, 5) is 15.7. The molecule has 0 amide bonds. The van der Waals surface area contributed by atoms with Gasteiger partial charge in [0.25, 0.3) is 0 Å². The lowest BCUT2D eigenvalue weighted by molar-refractivity contribution is 0.222. The van der Waals surface area contributed by atoms with Gasteiger partial charge < -0.3 is 19.7 Å². The number of unbranched alkanes of at least 4 members (excludes halogenated alkanes) is 2. The van der Waals surface area contributed by atoms with Crippen molar-refractivity contribution in [1.29, 1.82) is 0 Å². The van der Waals surface area contributed by atoms with E-state index in [4.69, 9.17) is 9.97 Å². The third-order valence-electron chi connectivity index (χ3n) is 8.84. The molecule has 2 atom stereocenters. The molecule has 1 N–H and O–H groups in total. The normalized spacial score (nSPS) is 15.9. The zero-order chi connectivity index (χ0) is 28.3. The van der Waals surface area contributed by atoms with Crippen molar-refractivity contribution >= 4 is 17.0 Å². The second kappa shape index (κ2) is 15.5. The van der Waals surface area contributed by atoms with Crippen molar-refractivity contribution in [2.24, 2.45) is 0 Å². The minimum Gasteiger partial charge on any atom is -0.357 e. The van der Waals surface area contributed by atoms with Gasteiger partial charge in [-0.1, -0.05) is 71.2 Å². The minimum absolute atomic E-state index is 0.291. The van der Waals surface area contributed by atoms with Crippen molar-refractivity contribution in [3.8, 4) is 0 Å². The fourth-order valence-electron chi connectivity index (χ4n) is 6.08. The van der Waals surface area contributed by atoms with Crippen molar-refractivity contribution in [3.63, 3.8) is 0 Å². The fourth-order valence-corrected chi connectivity index (χ4v) is 6.08. The molecule has 1 aliphatic rings. The molecule has 220 valence electrons. The minimum atomic E-state index is 0.291. The van der Waals surface area contributed by atoms with E-state index in [1.54, 1.807) is 0 Å². The average Bonchev–Trinajstić information content (AvgIpc) is 3.35. The molecule has 1 fully saturated rings. The van der Waals surface area contributed by atoms with Crippen LogP contribution in [0.3, 0.4) is 0 Å². The number of likely N-dealkylation sites (tertiary alicyclic amines) is 1. The maximum atomic E-state index is 5.32. The van der Waals surface area contributed by atoms with Gasteiger partial charge in [0.2, 0.25) is 0 Å². The number of aryl methyl sites for hydroxylation is 1. The van der Waals surface area contributed by atoms with Crippen LogP contribution in [0.1, 0.15) is 108 Å². The highest BCUT2D eigenvalue weighted by Crippen LogP contribution is 2.34. The Labute approximate surface area is 243 Å². The van der Waals surface area contributed by atoms with Crippen LogP contribution >= 0.6 is 0 Å². The molecule has 0 radical (unpaired) electrons. The van der Waals surface area contributed by atoms with Gasteiger partial charge in [0.05, 0.1) is 0 Å². The first-order chi connectivity index (χ1) is 19.5. The molecule has 0 aliphatic carbocycles. The second-order valence-corrected chi connectivity index (χ2v) is 11.9. The van der Waals surface area contributed by atoms with Gasteiger partial charge in [0.15, 0.2) is 5.65 Å². The highest BCUT2D eigenvalue weighted by Gasteiger charge is 2.24. The number of nitrogens with one attached hydrogen (secondary N) is 1. The summed E-state index contributed by atoms with van der Waals surface area (Å²) in [5.74, 6) is 2.95. The molecule has 0 spiro atoms. The first kappa shape index (κ1) is 30.5. The van der Waals surface area contributed by atoms with Crippen LogP contribution in [0.5, 0.6) is 0 Å². The molecular formula is C34H54N6. The Kier molecular flexibility index (Phi) is 11.8. The number of nitrogens with zero attached hydrogens (tertiary/aromatic N) is 5. The molecule has 3 heterocycles. The summed E-state index contributed by atoms with van der Waals surface area (Å²) >= 11 is 0. The molecule has 1 saturated heterocycles. The Balaban J connectivity index is 1.64. The van der Waals surface area contributed by atoms with Gasteiger partial charge in [-0.3, -0.25) is 0 Å².